The molecule has 18 heavy (non-hydrogen) atoms. The number of nitrogens with one attached hydrogen (secondary N) is 1. The summed E-state index contributed by atoms with van der Waals surface area (Å²) in [5.74, 6) is 7.67. The molecule has 94 valence electrons. The van der Waals surface area contributed by atoms with Crippen LogP contribution < -0.4 is 11.3 Å². The summed E-state index contributed by atoms with van der Waals surface area (Å²) in [6.07, 6.45) is 3.39. The van der Waals surface area contributed by atoms with E-state index >= 15 is 0 Å². The lowest BCUT2D eigenvalue weighted by Gasteiger charge is -2.05. The topological polar surface area (TPSA) is 63.8 Å². The van der Waals surface area contributed by atoms with Crippen molar-refractivity contribution in [3.8, 4) is 0 Å². The van der Waals surface area contributed by atoms with Gasteiger partial charge >= 0.3 is 0 Å². The minimum atomic E-state index is 0.586. The van der Waals surface area contributed by atoms with Crippen molar-refractivity contribution in [2.24, 2.45) is 5.84 Å². The largest absolute Gasteiger partial charge is 0.307 e. The first-order valence-electron chi connectivity index (χ1n) is 5.69. The highest BCUT2D eigenvalue weighted by Crippen LogP contribution is 2.19. The summed E-state index contributed by atoms with van der Waals surface area (Å²) in [5, 5.41) is 0. The van der Waals surface area contributed by atoms with Crippen LogP contribution in [0, 0.1) is 6.92 Å². The molecule has 0 saturated carbocycles. The van der Waals surface area contributed by atoms with E-state index in [4.69, 9.17) is 5.84 Å². The smallest absolute Gasteiger partial charge is 0.158 e. The van der Waals surface area contributed by atoms with Crippen molar-refractivity contribution in [1.82, 2.24) is 9.97 Å². The number of anilines is 1. The van der Waals surface area contributed by atoms with Crippen molar-refractivity contribution >= 4 is 17.6 Å². The number of hydrogen-bond acceptors (Lipinski definition) is 5. The third-order valence-electron chi connectivity index (χ3n) is 2.62. The van der Waals surface area contributed by atoms with E-state index in [1.54, 1.807) is 12.4 Å². The summed E-state index contributed by atoms with van der Waals surface area (Å²) in [4.78, 5) is 8.41. The SMILES string of the molecule is Cc1ccccc1CSCc1cnc(NN)cn1. The van der Waals surface area contributed by atoms with E-state index in [0.717, 1.165) is 17.2 Å². The zero-order valence-corrected chi connectivity index (χ0v) is 11.1. The van der Waals surface area contributed by atoms with E-state index in [0.29, 0.717) is 5.82 Å². The molecule has 0 aliphatic rings. The molecule has 1 aromatic heterocycles. The standard InChI is InChI=1S/C13H16N4S/c1-10-4-2-3-5-11(10)8-18-9-12-6-16-13(17-14)7-15-12/h2-7H,8-9,14H2,1H3,(H,16,17). The highest BCUT2D eigenvalue weighted by atomic mass is 32.2. The average molecular weight is 260 g/mol. The molecule has 0 unspecified atom stereocenters. The Balaban J connectivity index is 1.86. The van der Waals surface area contributed by atoms with Gasteiger partial charge in [-0.3, -0.25) is 4.98 Å². The maximum absolute atomic E-state index is 5.23. The second-order valence-corrected chi connectivity index (χ2v) is 4.94. The van der Waals surface area contributed by atoms with Crippen LogP contribution in [0.3, 0.4) is 0 Å². The van der Waals surface area contributed by atoms with Crippen LogP contribution in [0.1, 0.15) is 16.8 Å². The normalized spacial score (nSPS) is 10.3. The molecular formula is C13H16N4S. The zero-order chi connectivity index (χ0) is 12.8. The maximum Gasteiger partial charge on any atom is 0.158 e. The van der Waals surface area contributed by atoms with E-state index in [2.05, 4.69) is 46.6 Å². The molecule has 0 saturated heterocycles. The minimum absolute atomic E-state index is 0.586. The molecule has 0 aliphatic carbocycles. The van der Waals surface area contributed by atoms with Gasteiger partial charge in [-0.2, -0.15) is 11.8 Å². The van der Waals surface area contributed by atoms with Gasteiger partial charge < -0.3 is 5.43 Å². The van der Waals surface area contributed by atoms with Gasteiger partial charge in [0.15, 0.2) is 5.82 Å². The lowest BCUT2D eigenvalue weighted by Crippen LogP contribution is -2.08. The van der Waals surface area contributed by atoms with E-state index < -0.39 is 0 Å². The number of benzene rings is 1. The van der Waals surface area contributed by atoms with E-state index in [-0.39, 0.29) is 0 Å². The quantitative estimate of drug-likeness (QED) is 0.639. The number of hydrogen-bond donors (Lipinski definition) is 2. The molecule has 2 rings (SSSR count). The highest BCUT2D eigenvalue weighted by molar-refractivity contribution is 7.97. The number of nitrogens with two attached hydrogens (primary N) is 1. The molecule has 0 bridgehead atoms. The van der Waals surface area contributed by atoms with E-state index in [1.807, 2.05) is 11.8 Å². The Bertz CT molecular complexity index is 499. The second-order valence-electron chi connectivity index (χ2n) is 3.96. The molecule has 4 nitrogen and oxygen atoms in total. The Labute approximate surface area is 111 Å². The fourth-order valence-corrected chi connectivity index (χ4v) is 2.55. The summed E-state index contributed by atoms with van der Waals surface area (Å²) >= 11 is 1.83. The number of thioether (sulfide) groups is 1. The Morgan fingerprint density at radius 1 is 1.17 bits per heavy atom. The maximum atomic E-state index is 5.23. The van der Waals surface area contributed by atoms with Crippen LogP contribution in [-0.4, -0.2) is 9.97 Å². The Morgan fingerprint density at radius 2 is 2.00 bits per heavy atom. The number of aryl methyl sites for hydroxylation is 1. The molecule has 0 atom stereocenters. The number of aromatic nitrogens is 2. The molecule has 3 N–H and O–H groups in total. The van der Waals surface area contributed by atoms with Crippen molar-refractivity contribution in [2.75, 3.05) is 5.43 Å². The molecule has 0 amide bonds. The first-order valence-corrected chi connectivity index (χ1v) is 6.85. The minimum Gasteiger partial charge on any atom is -0.307 e. The van der Waals surface area contributed by atoms with Crippen LogP contribution in [0.4, 0.5) is 5.82 Å². The van der Waals surface area contributed by atoms with Crippen LogP contribution in [0.5, 0.6) is 0 Å². The second kappa shape index (κ2) is 6.37. The van der Waals surface area contributed by atoms with Crippen LogP contribution in [0.25, 0.3) is 0 Å². The van der Waals surface area contributed by atoms with Crippen LogP contribution >= 0.6 is 11.8 Å². The predicted molar refractivity (Wildman–Crippen MR) is 76.0 cm³/mol. The molecule has 5 heteroatoms. The molecule has 1 aromatic carbocycles. The summed E-state index contributed by atoms with van der Waals surface area (Å²) in [6.45, 7) is 2.14. The number of nitrogen functional groups attached to an aromatic ring is 1. The van der Waals surface area contributed by atoms with Gasteiger partial charge in [0.1, 0.15) is 0 Å². The van der Waals surface area contributed by atoms with Crippen LogP contribution in [-0.2, 0) is 11.5 Å². The Morgan fingerprint density at radius 3 is 2.67 bits per heavy atom. The lowest BCUT2D eigenvalue weighted by atomic mass is 10.1. The van der Waals surface area contributed by atoms with Crippen molar-refractivity contribution in [3.63, 3.8) is 0 Å². The molecular weight excluding hydrogens is 244 g/mol. The van der Waals surface area contributed by atoms with Gasteiger partial charge in [0.2, 0.25) is 0 Å². The molecule has 1 heterocycles. The number of hydrazine groups is 1. The monoisotopic (exact) mass is 260 g/mol. The highest BCUT2D eigenvalue weighted by Gasteiger charge is 2.00. The van der Waals surface area contributed by atoms with Gasteiger partial charge in [-0.05, 0) is 18.1 Å². The van der Waals surface area contributed by atoms with E-state index in [9.17, 15) is 0 Å². The fraction of sp³-hybridized carbons (Fsp3) is 0.231. The van der Waals surface area contributed by atoms with Gasteiger partial charge in [-0.15, -0.1) is 0 Å². The van der Waals surface area contributed by atoms with Gasteiger partial charge in [-0.25, -0.2) is 10.8 Å². The van der Waals surface area contributed by atoms with Crippen molar-refractivity contribution in [3.05, 3.63) is 53.5 Å². The summed E-state index contributed by atoms with van der Waals surface area (Å²) in [5.41, 5.74) is 6.13. The van der Waals surface area contributed by atoms with Gasteiger partial charge in [0.25, 0.3) is 0 Å². The van der Waals surface area contributed by atoms with E-state index in [1.165, 1.54) is 11.1 Å². The lowest BCUT2D eigenvalue weighted by molar-refractivity contribution is 1.08. The number of nitrogens with zero attached hydrogens (tertiary/aromatic N) is 2. The average Bonchev–Trinajstić information content (AvgIpc) is 2.42. The molecule has 0 radical (unpaired) electrons. The van der Waals surface area contributed by atoms with Crippen LogP contribution in [0.2, 0.25) is 0 Å². The third kappa shape index (κ3) is 3.45. The first-order chi connectivity index (χ1) is 8.79. The molecule has 0 spiro atoms. The molecule has 0 fully saturated rings. The molecule has 0 aliphatic heterocycles. The van der Waals surface area contributed by atoms with Gasteiger partial charge in [0.05, 0.1) is 18.1 Å². The van der Waals surface area contributed by atoms with Crippen LogP contribution in [0.15, 0.2) is 36.7 Å². The zero-order valence-electron chi connectivity index (χ0n) is 10.3. The van der Waals surface area contributed by atoms with Gasteiger partial charge in [0, 0.05) is 11.5 Å². The third-order valence-corrected chi connectivity index (χ3v) is 3.64. The first kappa shape index (κ1) is 12.9. The van der Waals surface area contributed by atoms with Gasteiger partial charge in [-0.1, -0.05) is 24.3 Å². The van der Waals surface area contributed by atoms with Crippen molar-refractivity contribution in [2.45, 2.75) is 18.4 Å². The number of rotatable bonds is 5. The fourth-order valence-electron chi connectivity index (χ4n) is 1.54. The molecule has 2 aromatic rings. The Kier molecular flexibility index (Phi) is 4.55. The summed E-state index contributed by atoms with van der Waals surface area (Å²) in [7, 11) is 0. The van der Waals surface area contributed by atoms with Crippen molar-refractivity contribution in [1.29, 1.82) is 0 Å². The summed E-state index contributed by atoms with van der Waals surface area (Å²) < 4.78 is 0. The van der Waals surface area contributed by atoms with Crippen molar-refractivity contribution < 1.29 is 0 Å². The summed E-state index contributed by atoms with van der Waals surface area (Å²) in [6, 6.07) is 8.44. The Hall–Kier alpha value is -1.59. The predicted octanol–water partition coefficient (Wildman–Crippen LogP) is 2.50.